The Morgan fingerprint density at radius 2 is 1.86 bits per heavy atom. The number of aryl methyl sites for hydroxylation is 1. The molecule has 140 valence electrons. The average molecular weight is 380 g/mol. The smallest absolute Gasteiger partial charge is 0.274 e. The van der Waals surface area contributed by atoms with Crippen molar-refractivity contribution in [2.45, 2.75) is 6.92 Å². The first-order valence-electron chi connectivity index (χ1n) is 8.60. The van der Waals surface area contributed by atoms with Crippen LogP contribution in [-0.2, 0) is 0 Å². The van der Waals surface area contributed by atoms with E-state index in [0.29, 0.717) is 39.2 Å². The van der Waals surface area contributed by atoms with Crippen molar-refractivity contribution in [1.29, 1.82) is 15.9 Å². The molecule has 0 atom stereocenters. The number of aromatic nitrogens is 1. The lowest BCUT2D eigenvalue weighted by molar-refractivity contribution is 0.102. The molecular weight excluding hydrogens is 364 g/mol. The number of nitrogen functional groups attached to an aromatic ring is 1. The summed E-state index contributed by atoms with van der Waals surface area (Å²) in [5, 5.41) is 29.2. The fraction of sp³-hybridized carbons (Fsp3) is 0.0455. The number of hydrogen-bond acceptors (Lipinski definition) is 6. The first-order valence-corrected chi connectivity index (χ1v) is 8.60. The van der Waals surface area contributed by atoms with E-state index in [4.69, 9.17) is 21.7 Å². The van der Waals surface area contributed by atoms with Gasteiger partial charge in [-0.25, -0.2) is 4.98 Å². The van der Waals surface area contributed by atoms with Gasteiger partial charge in [0.1, 0.15) is 11.8 Å². The number of pyridine rings is 1. The highest BCUT2D eigenvalue weighted by atomic mass is 16.1. The largest absolute Gasteiger partial charge is 0.398 e. The molecule has 0 unspecified atom stereocenters. The Morgan fingerprint density at radius 1 is 1.10 bits per heavy atom. The summed E-state index contributed by atoms with van der Waals surface area (Å²) in [7, 11) is 0. The molecule has 1 heterocycles. The molecule has 1 aromatic heterocycles. The van der Waals surface area contributed by atoms with Crippen LogP contribution < -0.4 is 11.1 Å². The fourth-order valence-corrected chi connectivity index (χ4v) is 2.81. The quantitative estimate of drug-likeness (QED) is 0.470. The predicted octanol–water partition coefficient (Wildman–Crippen LogP) is 3.38. The van der Waals surface area contributed by atoms with E-state index in [0.717, 1.165) is 0 Å². The van der Waals surface area contributed by atoms with Crippen molar-refractivity contribution in [3.8, 4) is 12.1 Å². The molecule has 29 heavy (non-hydrogen) atoms. The molecule has 0 bridgehead atoms. The minimum absolute atomic E-state index is 0.142. The molecule has 0 aliphatic rings. The number of nitrogens with zero attached hydrogens (tertiary/aromatic N) is 3. The van der Waals surface area contributed by atoms with Crippen LogP contribution >= 0.6 is 0 Å². The SMILES string of the molecule is Cc1cc(C#N)cnc1C(=O)Nc1ccc(N)c(C(=N)c2cccc(C#N)c2)c1. The molecule has 0 radical (unpaired) electrons. The molecule has 0 spiro atoms. The zero-order chi connectivity index (χ0) is 21.0. The number of benzene rings is 2. The van der Waals surface area contributed by atoms with Crippen molar-refractivity contribution >= 4 is 23.0 Å². The Morgan fingerprint density at radius 3 is 2.55 bits per heavy atom. The molecule has 0 saturated carbocycles. The van der Waals surface area contributed by atoms with Crippen LogP contribution in [0.2, 0.25) is 0 Å². The van der Waals surface area contributed by atoms with Crippen molar-refractivity contribution < 1.29 is 4.79 Å². The van der Waals surface area contributed by atoms with Gasteiger partial charge in [0.05, 0.1) is 22.9 Å². The first kappa shape index (κ1) is 19.3. The van der Waals surface area contributed by atoms with Gasteiger partial charge in [-0.05, 0) is 48.9 Å². The van der Waals surface area contributed by atoms with Crippen molar-refractivity contribution in [3.63, 3.8) is 0 Å². The summed E-state index contributed by atoms with van der Waals surface area (Å²) in [5.74, 6) is -0.430. The number of carbonyl (C=O) groups excluding carboxylic acids is 1. The van der Waals surface area contributed by atoms with Crippen molar-refractivity contribution in [3.05, 3.63) is 88.2 Å². The molecular formula is C22H16N6O. The van der Waals surface area contributed by atoms with E-state index in [1.165, 1.54) is 6.20 Å². The zero-order valence-corrected chi connectivity index (χ0v) is 15.5. The topological polar surface area (TPSA) is 139 Å². The van der Waals surface area contributed by atoms with Gasteiger partial charge in [-0.1, -0.05) is 12.1 Å². The third kappa shape index (κ3) is 4.10. The molecule has 1 amide bonds. The maximum absolute atomic E-state index is 12.6. The van der Waals surface area contributed by atoms with Gasteiger partial charge in [-0.15, -0.1) is 0 Å². The van der Waals surface area contributed by atoms with Gasteiger partial charge in [0, 0.05) is 28.7 Å². The number of anilines is 2. The molecule has 0 saturated heterocycles. The van der Waals surface area contributed by atoms with Gasteiger partial charge in [0.2, 0.25) is 0 Å². The first-order chi connectivity index (χ1) is 13.9. The number of rotatable bonds is 4. The Bertz CT molecular complexity index is 1220. The van der Waals surface area contributed by atoms with Gasteiger partial charge in [0.25, 0.3) is 5.91 Å². The van der Waals surface area contributed by atoms with E-state index >= 15 is 0 Å². The number of nitrogens with one attached hydrogen (secondary N) is 2. The number of nitriles is 2. The summed E-state index contributed by atoms with van der Waals surface area (Å²) in [5.41, 5.74) is 9.59. The van der Waals surface area contributed by atoms with Crippen molar-refractivity contribution in [2.75, 3.05) is 11.1 Å². The lowest BCUT2D eigenvalue weighted by atomic mass is 9.99. The minimum atomic E-state index is -0.430. The summed E-state index contributed by atoms with van der Waals surface area (Å²) in [6.45, 7) is 1.70. The predicted molar refractivity (Wildman–Crippen MR) is 110 cm³/mol. The van der Waals surface area contributed by atoms with Crippen LogP contribution in [0.4, 0.5) is 11.4 Å². The molecule has 0 aliphatic heterocycles. The summed E-state index contributed by atoms with van der Waals surface area (Å²) in [6.07, 6.45) is 1.34. The second-order valence-electron chi connectivity index (χ2n) is 6.33. The fourth-order valence-electron chi connectivity index (χ4n) is 2.81. The zero-order valence-electron chi connectivity index (χ0n) is 15.5. The third-order valence-electron chi connectivity index (χ3n) is 4.28. The molecule has 0 fully saturated rings. The number of nitrogens with two attached hydrogens (primary N) is 1. The van der Waals surface area contributed by atoms with Crippen LogP contribution in [0.15, 0.2) is 54.7 Å². The Hall–Kier alpha value is -4.49. The van der Waals surface area contributed by atoms with Gasteiger partial charge in [0.15, 0.2) is 0 Å². The standard InChI is InChI=1S/C22H16N6O/c1-13-7-15(11-24)12-27-21(13)22(29)28-17-5-6-19(25)18(9-17)20(26)16-4-2-3-14(8-16)10-23/h2-9,12,26H,25H2,1H3,(H,28,29). The monoisotopic (exact) mass is 380 g/mol. The molecule has 7 heteroatoms. The van der Waals surface area contributed by atoms with E-state index in [1.807, 2.05) is 12.1 Å². The van der Waals surface area contributed by atoms with E-state index in [2.05, 4.69) is 10.3 Å². The lowest BCUT2D eigenvalue weighted by Crippen LogP contribution is -2.16. The second-order valence-corrected chi connectivity index (χ2v) is 6.33. The van der Waals surface area contributed by atoms with Crippen LogP contribution in [0.3, 0.4) is 0 Å². The van der Waals surface area contributed by atoms with E-state index in [-0.39, 0.29) is 11.4 Å². The Kier molecular flexibility index (Phi) is 5.34. The van der Waals surface area contributed by atoms with Crippen LogP contribution in [-0.4, -0.2) is 16.6 Å². The van der Waals surface area contributed by atoms with E-state index in [9.17, 15) is 4.79 Å². The van der Waals surface area contributed by atoms with Crippen molar-refractivity contribution in [2.24, 2.45) is 0 Å². The molecule has 3 rings (SSSR count). The van der Waals surface area contributed by atoms with Crippen LogP contribution in [0.5, 0.6) is 0 Å². The highest BCUT2D eigenvalue weighted by Gasteiger charge is 2.14. The van der Waals surface area contributed by atoms with Gasteiger partial charge in [-0.2, -0.15) is 10.5 Å². The average Bonchev–Trinajstić information content (AvgIpc) is 2.74. The normalized spacial score (nSPS) is 9.90. The number of hydrogen-bond donors (Lipinski definition) is 3. The highest BCUT2D eigenvalue weighted by molar-refractivity contribution is 6.15. The van der Waals surface area contributed by atoms with Gasteiger partial charge in [-0.3, -0.25) is 10.2 Å². The molecule has 4 N–H and O–H groups in total. The highest BCUT2D eigenvalue weighted by Crippen LogP contribution is 2.22. The summed E-state index contributed by atoms with van der Waals surface area (Å²) >= 11 is 0. The van der Waals surface area contributed by atoms with E-state index < -0.39 is 5.91 Å². The molecule has 7 nitrogen and oxygen atoms in total. The summed E-state index contributed by atoms with van der Waals surface area (Å²) < 4.78 is 0. The Balaban J connectivity index is 1.89. The van der Waals surface area contributed by atoms with E-state index in [1.54, 1.807) is 55.5 Å². The van der Waals surface area contributed by atoms with Crippen LogP contribution in [0.1, 0.15) is 38.3 Å². The Labute approximate surface area is 167 Å². The molecule has 3 aromatic rings. The maximum Gasteiger partial charge on any atom is 0.274 e. The number of carbonyl (C=O) groups is 1. The molecule has 0 aliphatic carbocycles. The molecule has 2 aromatic carbocycles. The van der Waals surface area contributed by atoms with Crippen molar-refractivity contribution in [1.82, 2.24) is 4.98 Å². The van der Waals surface area contributed by atoms with Crippen LogP contribution in [0.25, 0.3) is 0 Å². The summed E-state index contributed by atoms with van der Waals surface area (Å²) in [6, 6.07) is 17.1. The maximum atomic E-state index is 12.6. The minimum Gasteiger partial charge on any atom is -0.398 e. The lowest BCUT2D eigenvalue weighted by Gasteiger charge is -2.12. The third-order valence-corrected chi connectivity index (χ3v) is 4.28. The number of amides is 1. The van der Waals surface area contributed by atoms with Gasteiger partial charge >= 0.3 is 0 Å². The summed E-state index contributed by atoms with van der Waals surface area (Å²) in [4.78, 5) is 16.6. The van der Waals surface area contributed by atoms with Crippen LogP contribution in [0, 0.1) is 35.0 Å². The second kappa shape index (κ2) is 8.03. The van der Waals surface area contributed by atoms with Gasteiger partial charge < -0.3 is 11.1 Å².